The molecule has 0 aliphatic carbocycles. The van der Waals surface area contributed by atoms with Crippen LogP contribution >= 0.6 is 12.6 Å². The molecule has 0 heterocycles. The Morgan fingerprint density at radius 2 is 2.33 bits per heavy atom. The van der Waals surface area contributed by atoms with Crippen LogP contribution in [0.3, 0.4) is 0 Å². The first kappa shape index (κ1) is 8.63. The van der Waals surface area contributed by atoms with Gasteiger partial charge in [-0.3, -0.25) is 4.79 Å². The van der Waals surface area contributed by atoms with Crippen LogP contribution in [0.1, 0.15) is 20.3 Å². The fourth-order valence-corrected chi connectivity index (χ4v) is 0.859. The topological polar surface area (TPSA) is 17.1 Å². The molecule has 1 atom stereocenters. The molecule has 0 aromatic rings. The van der Waals surface area contributed by atoms with Crippen molar-refractivity contribution in [3.8, 4) is 0 Å². The van der Waals surface area contributed by atoms with Crippen LogP contribution in [-0.4, -0.2) is 5.12 Å². The van der Waals surface area contributed by atoms with Gasteiger partial charge in [0.1, 0.15) is 0 Å². The van der Waals surface area contributed by atoms with Crippen molar-refractivity contribution in [3.63, 3.8) is 0 Å². The van der Waals surface area contributed by atoms with Gasteiger partial charge in [0.25, 0.3) is 0 Å². The SMILES string of the molecule is CC=CC(CC)C(=O)[S]. The van der Waals surface area contributed by atoms with Crippen LogP contribution in [0, 0.1) is 5.92 Å². The zero-order chi connectivity index (χ0) is 7.28. The summed E-state index contributed by atoms with van der Waals surface area (Å²) in [5.74, 6) is -0.0370. The summed E-state index contributed by atoms with van der Waals surface area (Å²) in [5, 5.41) is -0.157. The highest BCUT2D eigenvalue weighted by Gasteiger charge is 2.07. The van der Waals surface area contributed by atoms with E-state index in [1.807, 2.05) is 26.0 Å². The van der Waals surface area contributed by atoms with Crippen molar-refractivity contribution in [1.82, 2.24) is 0 Å². The van der Waals surface area contributed by atoms with Gasteiger partial charge in [-0.1, -0.05) is 19.1 Å². The van der Waals surface area contributed by atoms with Gasteiger partial charge in [-0.2, -0.15) is 0 Å². The van der Waals surface area contributed by atoms with Crippen molar-refractivity contribution >= 4 is 17.7 Å². The van der Waals surface area contributed by atoms with Crippen LogP contribution < -0.4 is 0 Å². The summed E-state index contributed by atoms with van der Waals surface area (Å²) < 4.78 is 0. The first-order valence-electron chi connectivity index (χ1n) is 3.06. The second kappa shape index (κ2) is 4.50. The predicted octanol–water partition coefficient (Wildman–Crippen LogP) is 2.31. The van der Waals surface area contributed by atoms with Crippen molar-refractivity contribution < 1.29 is 4.79 Å². The molecule has 0 aliphatic rings. The van der Waals surface area contributed by atoms with Crippen LogP contribution in [-0.2, 0) is 4.79 Å². The van der Waals surface area contributed by atoms with Gasteiger partial charge in [0.05, 0.1) is 5.92 Å². The molecule has 2 heteroatoms. The van der Waals surface area contributed by atoms with E-state index in [0.29, 0.717) is 0 Å². The molecule has 0 saturated carbocycles. The van der Waals surface area contributed by atoms with Gasteiger partial charge in [-0.15, -0.1) is 0 Å². The Morgan fingerprint density at radius 1 is 1.78 bits per heavy atom. The highest BCUT2D eigenvalue weighted by Crippen LogP contribution is 2.07. The van der Waals surface area contributed by atoms with Crippen LogP contribution in [0.25, 0.3) is 0 Å². The monoisotopic (exact) mass is 143 g/mol. The molecule has 0 aromatic carbocycles. The normalized spacial score (nSPS) is 14.0. The molecule has 0 fully saturated rings. The van der Waals surface area contributed by atoms with Gasteiger partial charge in [0.15, 0.2) is 0 Å². The van der Waals surface area contributed by atoms with E-state index in [-0.39, 0.29) is 11.0 Å². The third-order valence-corrected chi connectivity index (χ3v) is 1.47. The number of hydrogen-bond acceptors (Lipinski definition) is 1. The van der Waals surface area contributed by atoms with E-state index in [4.69, 9.17) is 0 Å². The van der Waals surface area contributed by atoms with Crippen molar-refractivity contribution in [2.75, 3.05) is 0 Å². The molecule has 0 rings (SSSR count). The molecule has 0 spiro atoms. The van der Waals surface area contributed by atoms with E-state index in [0.717, 1.165) is 6.42 Å². The minimum atomic E-state index is -0.157. The Morgan fingerprint density at radius 3 is 2.44 bits per heavy atom. The summed E-state index contributed by atoms with van der Waals surface area (Å²) in [6, 6.07) is 0. The Balaban J connectivity index is 3.83. The lowest BCUT2D eigenvalue weighted by atomic mass is 10.1. The molecule has 0 aliphatic heterocycles. The van der Waals surface area contributed by atoms with Gasteiger partial charge in [0.2, 0.25) is 5.12 Å². The minimum absolute atomic E-state index is 0.0370. The zero-order valence-corrected chi connectivity index (χ0v) is 6.57. The molecule has 1 radical (unpaired) electrons. The maximum Gasteiger partial charge on any atom is 0.225 e. The van der Waals surface area contributed by atoms with Crippen LogP contribution in [0.5, 0.6) is 0 Å². The number of carbonyl (C=O) groups excluding carboxylic acids is 1. The molecule has 9 heavy (non-hydrogen) atoms. The average molecular weight is 143 g/mol. The number of allylic oxidation sites excluding steroid dienone is 2. The molecule has 0 saturated heterocycles. The van der Waals surface area contributed by atoms with Crippen molar-refractivity contribution in [3.05, 3.63) is 12.2 Å². The lowest BCUT2D eigenvalue weighted by Gasteiger charge is -1.99. The van der Waals surface area contributed by atoms with Crippen molar-refractivity contribution in [2.45, 2.75) is 20.3 Å². The van der Waals surface area contributed by atoms with Gasteiger partial charge < -0.3 is 0 Å². The Hall–Kier alpha value is -0.370. The van der Waals surface area contributed by atoms with Crippen LogP contribution in [0.2, 0.25) is 0 Å². The fraction of sp³-hybridized carbons (Fsp3) is 0.571. The average Bonchev–Trinajstić information content (AvgIpc) is 1.82. The van der Waals surface area contributed by atoms with Crippen molar-refractivity contribution in [2.24, 2.45) is 5.92 Å². The quantitative estimate of drug-likeness (QED) is 0.554. The third kappa shape index (κ3) is 3.25. The fourth-order valence-electron chi connectivity index (χ4n) is 0.614. The minimum Gasteiger partial charge on any atom is -0.281 e. The van der Waals surface area contributed by atoms with Crippen molar-refractivity contribution in [1.29, 1.82) is 0 Å². The highest BCUT2D eigenvalue weighted by molar-refractivity contribution is 7.96. The Labute approximate surface area is 61.6 Å². The summed E-state index contributed by atoms with van der Waals surface area (Å²) in [5.41, 5.74) is 0. The van der Waals surface area contributed by atoms with Gasteiger partial charge >= 0.3 is 0 Å². The smallest absolute Gasteiger partial charge is 0.225 e. The zero-order valence-electron chi connectivity index (χ0n) is 5.76. The Kier molecular flexibility index (Phi) is 4.32. The van der Waals surface area contributed by atoms with Crippen LogP contribution in [0.4, 0.5) is 0 Å². The molecule has 51 valence electrons. The summed E-state index contributed by atoms with van der Waals surface area (Å²) in [6.45, 7) is 3.84. The van der Waals surface area contributed by atoms with E-state index >= 15 is 0 Å². The van der Waals surface area contributed by atoms with E-state index in [1.54, 1.807) is 0 Å². The maximum atomic E-state index is 10.5. The molecule has 0 amide bonds. The van der Waals surface area contributed by atoms with E-state index in [9.17, 15) is 4.79 Å². The van der Waals surface area contributed by atoms with Crippen LogP contribution in [0.15, 0.2) is 12.2 Å². The molecule has 1 unspecified atom stereocenters. The molecule has 0 aromatic heterocycles. The molecular formula is C7H11OS. The van der Waals surface area contributed by atoms with Gasteiger partial charge in [-0.25, -0.2) is 0 Å². The molecule has 0 bridgehead atoms. The molecule has 1 nitrogen and oxygen atoms in total. The lowest BCUT2D eigenvalue weighted by molar-refractivity contribution is -0.113. The van der Waals surface area contributed by atoms with E-state index in [1.165, 1.54) is 0 Å². The number of rotatable bonds is 3. The predicted molar refractivity (Wildman–Crippen MR) is 41.2 cm³/mol. The number of carbonyl (C=O) groups is 1. The van der Waals surface area contributed by atoms with Gasteiger partial charge in [-0.05, 0) is 26.0 Å². The summed E-state index contributed by atoms with van der Waals surface area (Å²) in [7, 11) is 0. The maximum absolute atomic E-state index is 10.5. The Bertz CT molecular complexity index is 118. The number of hydrogen-bond donors (Lipinski definition) is 0. The molecule has 0 N–H and O–H groups in total. The summed E-state index contributed by atoms with van der Waals surface area (Å²) >= 11 is 4.47. The standard InChI is InChI=1S/C7H11OS/c1-3-5-6(4-2)7(8)9/h3,5-6H,4H2,1-2H3. The second-order valence-electron chi connectivity index (χ2n) is 1.86. The second-order valence-corrected chi connectivity index (χ2v) is 2.26. The summed E-state index contributed by atoms with van der Waals surface area (Å²) in [6.07, 6.45) is 4.51. The first-order valence-corrected chi connectivity index (χ1v) is 3.46. The molecular weight excluding hydrogens is 132 g/mol. The summed E-state index contributed by atoms with van der Waals surface area (Å²) in [4.78, 5) is 10.5. The van der Waals surface area contributed by atoms with E-state index < -0.39 is 0 Å². The van der Waals surface area contributed by atoms with Gasteiger partial charge in [0, 0.05) is 0 Å². The third-order valence-electron chi connectivity index (χ3n) is 1.17. The highest BCUT2D eigenvalue weighted by atomic mass is 32.1. The lowest BCUT2D eigenvalue weighted by Crippen LogP contribution is -2.02. The largest absolute Gasteiger partial charge is 0.281 e. The first-order chi connectivity index (χ1) is 4.22. The van der Waals surface area contributed by atoms with E-state index in [2.05, 4.69) is 12.6 Å².